The fourth-order valence-corrected chi connectivity index (χ4v) is 3.63. The lowest BCUT2D eigenvalue weighted by Gasteiger charge is -2.27. The zero-order chi connectivity index (χ0) is 20.4. The van der Waals surface area contributed by atoms with Crippen LogP contribution in [0, 0.1) is 0 Å². The van der Waals surface area contributed by atoms with Crippen LogP contribution in [0.25, 0.3) is 0 Å². The first-order valence-electron chi connectivity index (χ1n) is 9.23. The number of hydrogen-bond acceptors (Lipinski definition) is 5. The molecule has 4 rings (SSSR count). The van der Waals surface area contributed by atoms with E-state index in [1.807, 2.05) is 37.3 Å². The number of amides is 1. The molecule has 0 aliphatic carbocycles. The van der Waals surface area contributed by atoms with Gasteiger partial charge in [0.25, 0.3) is 5.91 Å². The summed E-state index contributed by atoms with van der Waals surface area (Å²) in [5.74, 6) is 1.22. The molecule has 1 aromatic heterocycles. The van der Waals surface area contributed by atoms with Crippen molar-refractivity contribution in [3.63, 3.8) is 0 Å². The molecule has 0 saturated carbocycles. The van der Waals surface area contributed by atoms with E-state index in [2.05, 4.69) is 10.3 Å². The second-order valence-electron chi connectivity index (χ2n) is 6.43. The van der Waals surface area contributed by atoms with Crippen molar-refractivity contribution in [1.29, 1.82) is 0 Å². The molecule has 3 aromatic rings. The topological polar surface area (TPSA) is 63.7 Å². The molecular weight excluding hydrogens is 390 g/mol. The fourth-order valence-electron chi connectivity index (χ4n) is 3.37. The summed E-state index contributed by atoms with van der Waals surface area (Å²) in [4.78, 5) is 19.3. The van der Waals surface area contributed by atoms with Gasteiger partial charge in [-0.05, 0) is 61.5 Å². The average Bonchev–Trinajstić information content (AvgIpc) is 3.01. The highest BCUT2D eigenvalue weighted by Crippen LogP contribution is 2.38. The van der Waals surface area contributed by atoms with Gasteiger partial charge < -0.3 is 14.8 Å². The first-order chi connectivity index (χ1) is 14.1. The number of halogens is 1. The predicted octanol–water partition coefficient (Wildman–Crippen LogP) is 4.91. The molecule has 0 radical (unpaired) electrons. The lowest BCUT2D eigenvalue weighted by atomic mass is 10.2. The average molecular weight is 410 g/mol. The Balaban J connectivity index is 1.71. The van der Waals surface area contributed by atoms with Crippen LogP contribution in [0.1, 0.15) is 29.1 Å². The van der Waals surface area contributed by atoms with Crippen molar-refractivity contribution >= 4 is 28.9 Å². The van der Waals surface area contributed by atoms with Crippen LogP contribution in [0.3, 0.4) is 0 Å². The molecule has 2 aromatic carbocycles. The van der Waals surface area contributed by atoms with Crippen molar-refractivity contribution in [2.45, 2.75) is 13.1 Å². The van der Waals surface area contributed by atoms with E-state index in [0.717, 1.165) is 17.1 Å². The van der Waals surface area contributed by atoms with Crippen LogP contribution in [0.4, 0.5) is 11.4 Å². The third-order valence-electron chi connectivity index (χ3n) is 4.69. The van der Waals surface area contributed by atoms with Gasteiger partial charge >= 0.3 is 0 Å². The van der Waals surface area contributed by atoms with Crippen molar-refractivity contribution in [2.75, 3.05) is 23.9 Å². The van der Waals surface area contributed by atoms with E-state index in [4.69, 9.17) is 21.1 Å². The number of nitrogens with one attached hydrogen (secondary N) is 1. The molecule has 6 nitrogen and oxygen atoms in total. The summed E-state index contributed by atoms with van der Waals surface area (Å²) in [6.07, 6.45) is 1.21. The maximum atomic E-state index is 13.1. The number of nitrogens with zero attached hydrogens (tertiary/aromatic N) is 2. The lowest BCUT2D eigenvalue weighted by molar-refractivity contribution is 0.0993. The first-order valence-corrected chi connectivity index (χ1v) is 9.61. The third-order valence-corrected chi connectivity index (χ3v) is 4.98. The van der Waals surface area contributed by atoms with Crippen molar-refractivity contribution in [3.8, 4) is 11.5 Å². The van der Waals surface area contributed by atoms with Crippen LogP contribution >= 0.6 is 11.6 Å². The normalized spacial score (nSPS) is 15.2. The molecule has 1 atom stereocenters. The first kappa shape index (κ1) is 19.1. The van der Waals surface area contributed by atoms with Gasteiger partial charge in [-0.3, -0.25) is 14.7 Å². The zero-order valence-corrected chi connectivity index (χ0v) is 16.8. The Kier molecular flexibility index (Phi) is 5.27. The summed E-state index contributed by atoms with van der Waals surface area (Å²) in [5, 5.41) is 3.86. The minimum Gasteiger partial charge on any atom is -0.495 e. The van der Waals surface area contributed by atoms with Gasteiger partial charge in [-0.2, -0.15) is 0 Å². The number of anilines is 2. The number of methoxy groups -OCH3 is 1. The van der Waals surface area contributed by atoms with E-state index in [9.17, 15) is 4.79 Å². The van der Waals surface area contributed by atoms with E-state index in [1.54, 1.807) is 42.5 Å². The lowest BCUT2D eigenvalue weighted by Crippen LogP contribution is -2.32. The SMILES string of the molecule is CCOc1ccc(N2C(=O)c3cccnc3[C@H]2Nc2ccc(OC)c(Cl)c2)cc1. The smallest absolute Gasteiger partial charge is 0.262 e. The monoisotopic (exact) mass is 409 g/mol. The van der Waals surface area contributed by atoms with Crippen LogP contribution < -0.4 is 19.7 Å². The fraction of sp³-hybridized carbons (Fsp3) is 0.182. The highest BCUT2D eigenvalue weighted by atomic mass is 35.5. The molecule has 29 heavy (non-hydrogen) atoms. The highest BCUT2D eigenvalue weighted by Gasteiger charge is 2.39. The third kappa shape index (κ3) is 3.59. The number of carbonyl (C=O) groups excluding carboxylic acids is 1. The Morgan fingerprint density at radius 3 is 2.66 bits per heavy atom. The number of carbonyl (C=O) groups is 1. The molecular formula is C22H20ClN3O3. The van der Waals surface area contributed by atoms with E-state index in [-0.39, 0.29) is 5.91 Å². The number of fused-ring (bicyclic) bond motifs is 1. The second-order valence-corrected chi connectivity index (χ2v) is 6.84. The van der Waals surface area contributed by atoms with Crippen LogP contribution in [-0.4, -0.2) is 24.6 Å². The molecule has 148 valence electrons. The highest BCUT2D eigenvalue weighted by molar-refractivity contribution is 6.32. The van der Waals surface area contributed by atoms with Crippen molar-refractivity contribution < 1.29 is 14.3 Å². The molecule has 0 saturated heterocycles. The van der Waals surface area contributed by atoms with Crippen LogP contribution in [0.5, 0.6) is 11.5 Å². The van der Waals surface area contributed by atoms with Gasteiger partial charge in [0.2, 0.25) is 0 Å². The molecule has 1 aliphatic heterocycles. The number of hydrogen-bond donors (Lipinski definition) is 1. The molecule has 0 fully saturated rings. The molecule has 1 aliphatic rings. The standard InChI is InChI=1S/C22H20ClN3O3/c1-3-29-16-9-7-15(8-10-16)26-21(20-17(22(26)27)5-4-12-24-20)25-14-6-11-19(28-2)18(23)13-14/h4-13,21,25H,3H2,1-2H3/t21-/m0/s1. The number of ether oxygens (including phenoxy) is 2. The van der Waals surface area contributed by atoms with Gasteiger partial charge in [0.05, 0.1) is 30.0 Å². The van der Waals surface area contributed by atoms with Gasteiger partial charge in [0, 0.05) is 17.6 Å². The maximum absolute atomic E-state index is 13.1. The number of rotatable bonds is 6. The van der Waals surface area contributed by atoms with Gasteiger partial charge in [0.15, 0.2) is 6.17 Å². The minimum atomic E-state index is -0.471. The van der Waals surface area contributed by atoms with E-state index < -0.39 is 6.17 Å². The molecule has 2 heterocycles. The maximum Gasteiger partial charge on any atom is 0.262 e. The van der Waals surface area contributed by atoms with E-state index in [1.165, 1.54) is 0 Å². The Morgan fingerprint density at radius 2 is 1.97 bits per heavy atom. The molecule has 0 spiro atoms. The van der Waals surface area contributed by atoms with Crippen molar-refractivity contribution in [3.05, 3.63) is 77.1 Å². The molecule has 0 bridgehead atoms. The Labute approximate surface area is 174 Å². The van der Waals surface area contributed by atoms with Crippen LogP contribution in [0.2, 0.25) is 5.02 Å². The van der Waals surface area contributed by atoms with Gasteiger partial charge in [0.1, 0.15) is 11.5 Å². The summed E-state index contributed by atoms with van der Waals surface area (Å²) in [6.45, 7) is 2.51. The summed E-state index contributed by atoms with van der Waals surface area (Å²) in [5.41, 5.74) is 2.73. The summed E-state index contributed by atoms with van der Waals surface area (Å²) in [7, 11) is 1.57. The predicted molar refractivity (Wildman–Crippen MR) is 113 cm³/mol. The zero-order valence-electron chi connectivity index (χ0n) is 16.1. The molecule has 0 unspecified atom stereocenters. The van der Waals surface area contributed by atoms with Crippen molar-refractivity contribution in [1.82, 2.24) is 4.98 Å². The Bertz CT molecular complexity index is 1040. The summed E-state index contributed by atoms with van der Waals surface area (Å²) in [6, 6.07) is 16.4. The Hall–Kier alpha value is -3.25. The van der Waals surface area contributed by atoms with E-state index >= 15 is 0 Å². The Morgan fingerprint density at radius 1 is 1.17 bits per heavy atom. The number of aromatic nitrogens is 1. The number of pyridine rings is 1. The largest absolute Gasteiger partial charge is 0.495 e. The summed E-state index contributed by atoms with van der Waals surface area (Å²) >= 11 is 6.27. The quantitative estimate of drug-likeness (QED) is 0.626. The van der Waals surface area contributed by atoms with Gasteiger partial charge in [-0.15, -0.1) is 0 Å². The van der Waals surface area contributed by atoms with Crippen LogP contribution in [0.15, 0.2) is 60.8 Å². The minimum absolute atomic E-state index is 0.116. The molecule has 1 N–H and O–H groups in total. The molecule has 1 amide bonds. The van der Waals surface area contributed by atoms with Gasteiger partial charge in [-0.1, -0.05) is 11.6 Å². The summed E-state index contributed by atoms with van der Waals surface area (Å²) < 4.78 is 10.7. The van der Waals surface area contributed by atoms with Crippen molar-refractivity contribution in [2.24, 2.45) is 0 Å². The van der Waals surface area contributed by atoms with Gasteiger partial charge in [-0.25, -0.2) is 0 Å². The second kappa shape index (κ2) is 8.01. The molecule has 7 heteroatoms. The van der Waals surface area contributed by atoms with E-state index in [0.29, 0.717) is 28.6 Å². The van der Waals surface area contributed by atoms with Crippen LogP contribution in [-0.2, 0) is 0 Å². The number of benzene rings is 2.